The van der Waals surface area contributed by atoms with Crippen LogP contribution in [0.5, 0.6) is 5.75 Å². The Labute approximate surface area is 216 Å². The average molecular weight is 493 g/mol. The highest BCUT2D eigenvalue weighted by Gasteiger charge is 2.22. The van der Waals surface area contributed by atoms with Gasteiger partial charge in [0.05, 0.1) is 23.8 Å². The Kier molecular flexibility index (Phi) is 6.90. The molecule has 0 radical (unpaired) electrons. The van der Waals surface area contributed by atoms with Gasteiger partial charge in [-0.2, -0.15) is 0 Å². The largest absolute Gasteiger partial charge is 0.490 e. The number of carboxylic acid groups (broad SMARTS) is 1. The number of hydrogen-bond donors (Lipinski definition) is 2. The third kappa shape index (κ3) is 5.33. The Bertz CT molecular complexity index is 1420. The molecule has 0 saturated heterocycles. The van der Waals surface area contributed by atoms with Crippen LogP contribution in [-0.2, 0) is 6.54 Å². The standard InChI is InChI=1S/C31H28N2O4/c1-21(22-7-3-2-4-8-22)32-30(34)25-15-16-28-29(19-25)37-18-17-33(28)20-26-9-5-6-10-27(26)23-11-13-24(14-12-23)31(35)36/h2-16,19,21H,17-18,20H2,1H3,(H,32,34)(H,35,36). The summed E-state index contributed by atoms with van der Waals surface area (Å²) >= 11 is 0. The molecule has 6 heteroatoms. The van der Waals surface area contributed by atoms with Crippen molar-refractivity contribution in [2.75, 3.05) is 18.1 Å². The number of amides is 1. The number of carbonyl (C=O) groups excluding carboxylic acids is 1. The van der Waals surface area contributed by atoms with E-state index in [1.807, 2.05) is 85.8 Å². The highest BCUT2D eigenvalue weighted by atomic mass is 16.5. The Morgan fingerprint density at radius 1 is 0.919 bits per heavy atom. The molecule has 0 bridgehead atoms. The fourth-order valence-electron chi connectivity index (χ4n) is 4.63. The molecular formula is C31H28N2O4. The van der Waals surface area contributed by atoms with Gasteiger partial charge in [0.1, 0.15) is 12.4 Å². The molecule has 0 saturated carbocycles. The minimum absolute atomic E-state index is 0.108. The normalized spacial score (nSPS) is 13.3. The molecule has 0 aromatic heterocycles. The summed E-state index contributed by atoms with van der Waals surface area (Å²) in [6, 6.07) is 30.4. The molecule has 1 heterocycles. The number of carboxylic acids is 1. The third-order valence-electron chi connectivity index (χ3n) is 6.65. The van der Waals surface area contributed by atoms with E-state index < -0.39 is 5.97 Å². The van der Waals surface area contributed by atoms with Crippen molar-refractivity contribution >= 4 is 17.6 Å². The van der Waals surface area contributed by atoms with Crippen LogP contribution in [0.25, 0.3) is 11.1 Å². The number of carbonyl (C=O) groups is 2. The summed E-state index contributed by atoms with van der Waals surface area (Å²) in [6.45, 7) is 3.87. The summed E-state index contributed by atoms with van der Waals surface area (Å²) in [4.78, 5) is 26.4. The SMILES string of the molecule is CC(NC(=O)c1ccc2c(c1)OCCN2Cc1ccccc1-c1ccc(C(=O)O)cc1)c1ccccc1. The maximum absolute atomic E-state index is 12.9. The number of anilines is 1. The average Bonchev–Trinajstić information content (AvgIpc) is 2.93. The van der Waals surface area contributed by atoms with Crippen molar-refractivity contribution in [2.24, 2.45) is 0 Å². The van der Waals surface area contributed by atoms with Gasteiger partial charge in [0.25, 0.3) is 5.91 Å². The van der Waals surface area contributed by atoms with Crippen molar-refractivity contribution in [3.05, 3.63) is 119 Å². The molecule has 5 rings (SSSR count). The number of benzene rings is 4. The second kappa shape index (κ2) is 10.6. The molecule has 1 unspecified atom stereocenters. The van der Waals surface area contributed by atoms with E-state index >= 15 is 0 Å². The van der Waals surface area contributed by atoms with Gasteiger partial charge in [-0.3, -0.25) is 4.79 Å². The van der Waals surface area contributed by atoms with E-state index in [1.165, 1.54) is 0 Å². The Morgan fingerprint density at radius 3 is 2.38 bits per heavy atom. The first-order valence-corrected chi connectivity index (χ1v) is 12.3. The van der Waals surface area contributed by atoms with E-state index in [-0.39, 0.29) is 17.5 Å². The topological polar surface area (TPSA) is 78.9 Å². The molecule has 2 N–H and O–H groups in total. The monoisotopic (exact) mass is 492 g/mol. The second-order valence-electron chi connectivity index (χ2n) is 9.10. The minimum Gasteiger partial charge on any atom is -0.490 e. The van der Waals surface area contributed by atoms with Gasteiger partial charge in [-0.05, 0) is 59.5 Å². The number of nitrogens with zero attached hydrogens (tertiary/aromatic N) is 1. The molecular weight excluding hydrogens is 464 g/mol. The van der Waals surface area contributed by atoms with Crippen LogP contribution < -0.4 is 15.0 Å². The molecule has 4 aromatic rings. The van der Waals surface area contributed by atoms with Crippen molar-refractivity contribution in [3.8, 4) is 16.9 Å². The van der Waals surface area contributed by atoms with Gasteiger partial charge < -0.3 is 20.1 Å². The molecule has 186 valence electrons. The van der Waals surface area contributed by atoms with Crippen molar-refractivity contribution in [3.63, 3.8) is 0 Å². The molecule has 6 nitrogen and oxygen atoms in total. The molecule has 1 aliphatic heterocycles. The van der Waals surface area contributed by atoms with Crippen molar-refractivity contribution < 1.29 is 19.4 Å². The van der Waals surface area contributed by atoms with Crippen LogP contribution in [0.3, 0.4) is 0 Å². The maximum atomic E-state index is 12.9. The van der Waals surface area contributed by atoms with E-state index in [0.717, 1.165) is 34.5 Å². The smallest absolute Gasteiger partial charge is 0.335 e. The summed E-state index contributed by atoms with van der Waals surface area (Å²) in [5.74, 6) is -0.392. The second-order valence-corrected chi connectivity index (χ2v) is 9.10. The van der Waals surface area contributed by atoms with Crippen LogP contribution >= 0.6 is 0 Å². The summed E-state index contributed by atoms with van der Waals surface area (Å²) in [7, 11) is 0. The minimum atomic E-state index is -0.938. The molecule has 0 spiro atoms. The zero-order chi connectivity index (χ0) is 25.8. The van der Waals surface area contributed by atoms with Crippen LogP contribution in [0, 0.1) is 0 Å². The van der Waals surface area contributed by atoms with Gasteiger partial charge in [0, 0.05) is 12.1 Å². The van der Waals surface area contributed by atoms with Gasteiger partial charge in [-0.15, -0.1) is 0 Å². The summed E-state index contributed by atoms with van der Waals surface area (Å²) < 4.78 is 5.95. The lowest BCUT2D eigenvalue weighted by Gasteiger charge is -2.32. The van der Waals surface area contributed by atoms with E-state index in [0.29, 0.717) is 24.5 Å². The number of nitrogens with one attached hydrogen (secondary N) is 1. The van der Waals surface area contributed by atoms with E-state index in [1.54, 1.807) is 12.1 Å². The van der Waals surface area contributed by atoms with Crippen LogP contribution in [0.2, 0.25) is 0 Å². The van der Waals surface area contributed by atoms with Crippen molar-refractivity contribution in [2.45, 2.75) is 19.5 Å². The number of fused-ring (bicyclic) bond motifs is 1. The first-order chi connectivity index (χ1) is 18.0. The predicted molar refractivity (Wildman–Crippen MR) is 144 cm³/mol. The van der Waals surface area contributed by atoms with Crippen LogP contribution in [0.4, 0.5) is 5.69 Å². The van der Waals surface area contributed by atoms with Crippen molar-refractivity contribution in [1.82, 2.24) is 5.32 Å². The molecule has 1 atom stereocenters. The highest BCUT2D eigenvalue weighted by Crippen LogP contribution is 2.35. The predicted octanol–water partition coefficient (Wildman–Crippen LogP) is 5.94. The van der Waals surface area contributed by atoms with E-state index in [4.69, 9.17) is 4.74 Å². The Balaban J connectivity index is 1.35. The van der Waals surface area contributed by atoms with Crippen LogP contribution in [0.1, 0.15) is 44.8 Å². The lowest BCUT2D eigenvalue weighted by atomic mass is 9.98. The molecule has 37 heavy (non-hydrogen) atoms. The number of rotatable bonds is 7. The lowest BCUT2D eigenvalue weighted by Crippen LogP contribution is -2.33. The molecule has 0 fully saturated rings. The quantitative estimate of drug-likeness (QED) is 0.334. The fourth-order valence-corrected chi connectivity index (χ4v) is 4.63. The van der Waals surface area contributed by atoms with Gasteiger partial charge in [-0.1, -0.05) is 66.7 Å². The Morgan fingerprint density at radius 2 is 1.62 bits per heavy atom. The first-order valence-electron chi connectivity index (χ1n) is 12.3. The number of hydrogen-bond acceptors (Lipinski definition) is 4. The Hall–Kier alpha value is -4.58. The van der Waals surface area contributed by atoms with Crippen LogP contribution in [0.15, 0.2) is 97.1 Å². The zero-order valence-corrected chi connectivity index (χ0v) is 20.6. The summed E-state index contributed by atoms with van der Waals surface area (Å²) in [5.41, 5.74) is 5.95. The van der Waals surface area contributed by atoms with Crippen LogP contribution in [-0.4, -0.2) is 30.1 Å². The first kappa shape index (κ1) is 24.1. The zero-order valence-electron chi connectivity index (χ0n) is 20.6. The highest BCUT2D eigenvalue weighted by molar-refractivity contribution is 5.95. The fraction of sp³-hybridized carbons (Fsp3) is 0.161. The van der Waals surface area contributed by atoms with Crippen molar-refractivity contribution in [1.29, 1.82) is 0 Å². The number of ether oxygens (including phenoxy) is 1. The summed E-state index contributed by atoms with van der Waals surface area (Å²) in [5, 5.41) is 12.3. The third-order valence-corrected chi connectivity index (χ3v) is 6.65. The lowest BCUT2D eigenvalue weighted by molar-refractivity contribution is 0.0696. The number of aromatic carboxylic acids is 1. The van der Waals surface area contributed by atoms with Gasteiger partial charge in [0.15, 0.2) is 0 Å². The molecule has 1 aliphatic rings. The maximum Gasteiger partial charge on any atom is 0.335 e. The molecule has 1 amide bonds. The van der Waals surface area contributed by atoms with E-state index in [2.05, 4.69) is 16.3 Å². The van der Waals surface area contributed by atoms with Gasteiger partial charge in [-0.25, -0.2) is 4.79 Å². The molecule has 0 aliphatic carbocycles. The molecule has 4 aromatic carbocycles. The summed E-state index contributed by atoms with van der Waals surface area (Å²) in [6.07, 6.45) is 0. The van der Waals surface area contributed by atoms with Gasteiger partial charge >= 0.3 is 5.97 Å². The van der Waals surface area contributed by atoms with Gasteiger partial charge in [0.2, 0.25) is 0 Å². The van der Waals surface area contributed by atoms with E-state index in [9.17, 15) is 14.7 Å².